The maximum atomic E-state index is 15.4. The van der Waals surface area contributed by atoms with Crippen LogP contribution in [-0.4, -0.2) is 28.2 Å². The fourth-order valence-corrected chi connectivity index (χ4v) is 28.9. The summed E-state index contributed by atoms with van der Waals surface area (Å²) in [6, 6.07) is 168. The second-order valence-electron chi connectivity index (χ2n) is 34.6. The smallest absolute Gasteiger partial charge is 0.171 e. The van der Waals surface area contributed by atoms with E-state index >= 15 is 4.57 Å². The van der Waals surface area contributed by atoms with E-state index in [1.54, 1.807) is 0 Å². The Morgan fingerprint density at radius 3 is 0.926 bits per heavy atom. The summed E-state index contributed by atoms with van der Waals surface area (Å²) in [5, 5.41) is 24.6. The van der Waals surface area contributed by atoms with Gasteiger partial charge in [-0.05, 0) is 185 Å². The van der Waals surface area contributed by atoms with E-state index in [2.05, 4.69) is 286 Å². The van der Waals surface area contributed by atoms with Crippen molar-refractivity contribution in [1.82, 2.24) is 28.2 Å². The molecule has 0 aliphatic carbocycles. The number of hydrogen-bond donors (Lipinski definition) is 0. The van der Waals surface area contributed by atoms with Gasteiger partial charge in [-0.15, -0.1) is 0 Å². The standard InChI is InChI=1S/3C41H27N2OP/c44-45(29-13-3-1-4-14-29,30-15-5-2-6-16-30)40-26-25-31(32-17-7-8-19-34(32)40)28-23-24-35-36(27-28)33-18-9-11-21-38(33)43-39-22-12-10-20-37(39)42-41(35)43;44-45(32-11-3-1-4-12-32,33-13-5-2-6-14-33)34-23-21-29-25-28(19-20-30(29)26-34)31-22-24-36-35-15-7-8-16-37(35)41-42-38-17-9-10-18-39(38)43(41)40(36)27-31;44-45(32-11-3-1-4-12-32,33-13-5-2-6-14-33)34-23-21-29-25-28(19-20-30(29)26-34)31-22-24-39-37(27-31)35-15-7-8-16-36(35)41-42-38-17-9-10-18-40(38)43(39)41/h3*1-27H. The van der Waals surface area contributed by atoms with Crippen molar-refractivity contribution in [2.45, 2.75) is 0 Å². The minimum absolute atomic E-state index is 0.836. The van der Waals surface area contributed by atoms with Crippen molar-refractivity contribution in [3.63, 3.8) is 0 Å². The van der Waals surface area contributed by atoms with Gasteiger partial charge in [0.05, 0.1) is 49.7 Å². The highest BCUT2D eigenvalue weighted by Gasteiger charge is 2.35. The zero-order valence-electron chi connectivity index (χ0n) is 73.0. The quantitative estimate of drug-likeness (QED) is 0.0892. The number of fused-ring (bicyclic) bond motifs is 27. The molecule has 0 saturated carbocycles. The molecule has 0 spiro atoms. The molecule has 0 radical (unpaired) electrons. The van der Waals surface area contributed by atoms with Crippen molar-refractivity contribution in [2.75, 3.05) is 0 Å². The van der Waals surface area contributed by atoms with Gasteiger partial charge in [-0.1, -0.05) is 388 Å². The van der Waals surface area contributed by atoms with Crippen LogP contribution in [0.5, 0.6) is 0 Å². The van der Waals surface area contributed by atoms with Crippen molar-refractivity contribution in [3.8, 4) is 33.4 Å². The molecular weight excluding hydrogens is 1700 g/mol. The largest absolute Gasteiger partial charge is 0.309 e. The van der Waals surface area contributed by atoms with Gasteiger partial charge in [0.1, 0.15) is 16.9 Å². The van der Waals surface area contributed by atoms with E-state index in [4.69, 9.17) is 15.0 Å². The molecule has 21 aromatic carbocycles. The van der Waals surface area contributed by atoms with Crippen LogP contribution in [-0.2, 0) is 13.7 Å². The molecule has 0 aliphatic rings. The Hall–Kier alpha value is -16.5. The Morgan fingerprint density at radius 1 is 0.163 bits per heavy atom. The van der Waals surface area contributed by atoms with Gasteiger partial charge < -0.3 is 13.7 Å². The van der Waals surface area contributed by atoms with Gasteiger partial charge in [0.2, 0.25) is 0 Å². The first-order valence-corrected chi connectivity index (χ1v) is 50.6. The number of para-hydroxylation sites is 7. The lowest BCUT2D eigenvalue weighted by molar-refractivity contribution is 0.591. The summed E-state index contributed by atoms with van der Waals surface area (Å²) < 4.78 is 52.1. The summed E-state index contributed by atoms with van der Waals surface area (Å²) in [6.45, 7) is 0. The van der Waals surface area contributed by atoms with Crippen LogP contribution >= 0.6 is 21.4 Å². The molecule has 636 valence electrons. The molecule has 0 saturated heterocycles. The SMILES string of the molecule is O=P(c1ccccc1)(c1ccccc1)c1ccc(-c2ccc3c(c2)c2ccccc2n2c4ccccc4nc32)c2ccccc12.O=P(c1ccccc1)(c1ccccc1)c1ccc2cc(-c3ccc4c(c3)c3ccccc3c3nc5ccccc5n43)ccc2c1.O=P(c1ccccc1)(c1ccccc1)c1ccc2cc(-c3ccc4c5ccccc5c5nc6ccccc6n5c4c3)ccc2c1. The summed E-state index contributed by atoms with van der Waals surface area (Å²) in [5.74, 6) is 0. The summed E-state index contributed by atoms with van der Waals surface area (Å²) in [7, 11) is -9.24. The second-order valence-corrected chi connectivity index (χ2v) is 42.9. The normalized spacial score (nSPS) is 12.1. The number of benzene rings is 21. The molecule has 9 nitrogen and oxygen atoms in total. The van der Waals surface area contributed by atoms with Crippen LogP contribution in [0.25, 0.3) is 181 Å². The van der Waals surface area contributed by atoms with Gasteiger partial charge in [-0.25, -0.2) is 15.0 Å². The van der Waals surface area contributed by atoms with Gasteiger partial charge in [0.25, 0.3) is 0 Å². The Bertz CT molecular complexity index is 9500. The van der Waals surface area contributed by atoms with E-state index in [0.29, 0.717) is 0 Å². The summed E-state index contributed by atoms with van der Waals surface area (Å²) >= 11 is 0. The predicted molar refractivity (Wildman–Crippen MR) is 570 cm³/mol. The molecule has 0 N–H and O–H groups in total. The Labute approximate surface area is 777 Å². The third kappa shape index (κ3) is 13.4. The van der Waals surface area contributed by atoms with Crippen LogP contribution in [0.1, 0.15) is 0 Å². The first-order valence-electron chi connectivity index (χ1n) is 45.5. The average Bonchev–Trinajstić information content (AvgIpc) is 1.60. The number of rotatable bonds is 12. The average molecular weight is 1780 g/mol. The molecule has 0 bridgehead atoms. The number of pyridine rings is 3. The molecule has 12 heteroatoms. The molecule has 27 rings (SSSR count). The monoisotopic (exact) mass is 1780 g/mol. The maximum absolute atomic E-state index is 15.4. The second kappa shape index (κ2) is 32.8. The Morgan fingerprint density at radius 2 is 0.459 bits per heavy atom. The van der Waals surface area contributed by atoms with Crippen LogP contribution in [0.4, 0.5) is 0 Å². The molecular formula is C123H81N6O3P3. The van der Waals surface area contributed by atoms with Crippen molar-refractivity contribution in [2.24, 2.45) is 0 Å². The topological polar surface area (TPSA) is 103 Å². The van der Waals surface area contributed by atoms with E-state index in [0.717, 1.165) is 196 Å². The minimum Gasteiger partial charge on any atom is -0.309 e. The van der Waals surface area contributed by atoms with E-state index in [1.807, 2.05) is 218 Å². The van der Waals surface area contributed by atoms with Crippen molar-refractivity contribution in [1.29, 1.82) is 0 Å². The predicted octanol–water partition coefficient (Wildman–Crippen LogP) is 27.8. The summed E-state index contributed by atoms with van der Waals surface area (Å²) in [5.41, 5.74) is 19.4. The highest BCUT2D eigenvalue weighted by atomic mass is 31.2. The lowest BCUT2D eigenvalue weighted by Gasteiger charge is -2.23. The van der Waals surface area contributed by atoms with Gasteiger partial charge in [0, 0.05) is 80.1 Å². The van der Waals surface area contributed by atoms with Crippen molar-refractivity contribution >= 4 is 217 Å². The molecule has 6 heterocycles. The minimum atomic E-state index is -3.16. The summed E-state index contributed by atoms with van der Waals surface area (Å²) in [6.07, 6.45) is 0. The number of hydrogen-bond acceptors (Lipinski definition) is 6. The lowest BCUT2D eigenvalue weighted by Crippen LogP contribution is -2.25. The molecule has 0 atom stereocenters. The highest BCUT2D eigenvalue weighted by Crippen LogP contribution is 2.49. The third-order valence-electron chi connectivity index (χ3n) is 27.1. The van der Waals surface area contributed by atoms with Crippen LogP contribution in [0.15, 0.2) is 491 Å². The molecule has 135 heavy (non-hydrogen) atoms. The molecule has 6 aromatic heterocycles. The molecule has 0 fully saturated rings. The Balaban J connectivity index is 0.000000108. The Kier molecular flexibility index (Phi) is 19.6. The van der Waals surface area contributed by atoms with E-state index in [9.17, 15) is 9.13 Å². The summed E-state index contributed by atoms with van der Waals surface area (Å²) in [4.78, 5) is 15.1. The lowest BCUT2D eigenvalue weighted by atomic mass is 9.95. The van der Waals surface area contributed by atoms with Crippen LogP contribution in [0, 0.1) is 0 Å². The zero-order valence-corrected chi connectivity index (χ0v) is 75.7. The molecule has 0 unspecified atom stereocenters. The third-order valence-corrected chi connectivity index (χ3v) is 36.3. The van der Waals surface area contributed by atoms with Gasteiger partial charge >= 0.3 is 0 Å². The van der Waals surface area contributed by atoms with Crippen molar-refractivity contribution < 1.29 is 13.7 Å². The van der Waals surface area contributed by atoms with Gasteiger partial charge in [0.15, 0.2) is 21.4 Å². The molecule has 0 aliphatic heterocycles. The number of nitrogens with zero attached hydrogens (tertiary/aromatic N) is 6. The highest BCUT2D eigenvalue weighted by molar-refractivity contribution is 7.86. The van der Waals surface area contributed by atoms with E-state index < -0.39 is 21.4 Å². The van der Waals surface area contributed by atoms with Crippen molar-refractivity contribution in [3.05, 3.63) is 491 Å². The number of imidazole rings is 3. The number of aromatic nitrogens is 6. The van der Waals surface area contributed by atoms with Crippen LogP contribution in [0.2, 0.25) is 0 Å². The fourth-order valence-electron chi connectivity index (χ4n) is 20.6. The first kappa shape index (κ1) is 80.6. The van der Waals surface area contributed by atoms with Crippen LogP contribution in [0.3, 0.4) is 0 Å². The van der Waals surface area contributed by atoms with Gasteiger partial charge in [-0.3, -0.25) is 13.2 Å². The first-order chi connectivity index (χ1) is 66.6. The molecule has 27 aromatic rings. The van der Waals surface area contributed by atoms with E-state index in [-0.39, 0.29) is 0 Å². The zero-order chi connectivity index (χ0) is 89.9. The molecule has 0 amide bonds. The van der Waals surface area contributed by atoms with Crippen LogP contribution < -0.4 is 47.7 Å². The van der Waals surface area contributed by atoms with Gasteiger partial charge in [-0.2, -0.15) is 0 Å². The fraction of sp³-hybridized carbons (Fsp3) is 0. The maximum Gasteiger partial charge on any atom is 0.171 e. The van der Waals surface area contributed by atoms with E-state index in [1.165, 1.54) is 32.3 Å².